The van der Waals surface area contributed by atoms with Crippen LogP contribution in [0.4, 0.5) is 0 Å². The van der Waals surface area contributed by atoms with E-state index in [2.05, 4.69) is 62.3 Å². The fraction of sp³-hybridized carbons (Fsp3) is 1.00. The summed E-state index contributed by atoms with van der Waals surface area (Å²) in [5.41, 5.74) is 0.443. The summed E-state index contributed by atoms with van der Waals surface area (Å²) >= 11 is 0. The highest BCUT2D eigenvalue weighted by atomic mass is 14.4. The van der Waals surface area contributed by atoms with Crippen molar-refractivity contribution in [3.05, 3.63) is 0 Å². The van der Waals surface area contributed by atoms with Gasteiger partial charge in [-0.05, 0) is 35.0 Å². The van der Waals surface area contributed by atoms with Gasteiger partial charge < -0.3 is 0 Å². The summed E-state index contributed by atoms with van der Waals surface area (Å²) < 4.78 is 0. The van der Waals surface area contributed by atoms with Crippen molar-refractivity contribution in [2.75, 3.05) is 0 Å². The Morgan fingerprint density at radius 3 is 1.47 bits per heavy atom. The molecule has 0 aliphatic heterocycles. The minimum atomic E-state index is 0.443. The number of hydrogen-bond acceptors (Lipinski definition) is 0. The molecule has 0 aromatic carbocycles. The Kier molecular flexibility index (Phi) is 6.81. The van der Waals surface area contributed by atoms with Crippen LogP contribution in [0.3, 0.4) is 0 Å². The molecule has 0 spiro atoms. The Hall–Kier alpha value is 0. The third-order valence-corrected chi connectivity index (χ3v) is 6.17. The lowest BCUT2D eigenvalue weighted by molar-refractivity contribution is 0.0442. The Balaban J connectivity index is 4.79. The predicted octanol–water partition coefficient (Wildman–Crippen LogP) is 6.01. The van der Waals surface area contributed by atoms with Gasteiger partial charge in [-0.2, -0.15) is 0 Å². The van der Waals surface area contributed by atoms with E-state index >= 15 is 0 Å². The van der Waals surface area contributed by atoms with Gasteiger partial charge in [-0.25, -0.2) is 0 Å². The van der Waals surface area contributed by atoms with Crippen LogP contribution in [0.1, 0.15) is 75.2 Å². The smallest absolute Gasteiger partial charge is 0.0298 e. The maximum absolute atomic E-state index is 2.48. The Morgan fingerprint density at radius 1 is 0.706 bits per heavy atom. The molecule has 0 fully saturated rings. The molecule has 0 aromatic heterocycles. The van der Waals surface area contributed by atoms with E-state index in [9.17, 15) is 0 Å². The molecule has 0 heteroatoms. The molecule has 0 aliphatic rings. The molecule has 0 aromatic rings. The Morgan fingerprint density at radius 2 is 1.12 bits per heavy atom. The van der Waals surface area contributed by atoms with Crippen LogP contribution in [-0.4, -0.2) is 0 Å². The summed E-state index contributed by atoms with van der Waals surface area (Å²) in [6.07, 6.45) is 2.61. The Bertz CT molecular complexity index is 204. The highest BCUT2D eigenvalue weighted by Gasteiger charge is 2.37. The normalized spacial score (nSPS) is 21.7. The van der Waals surface area contributed by atoms with Crippen molar-refractivity contribution in [2.24, 2.45) is 35.0 Å². The second-order valence-corrected chi connectivity index (χ2v) is 7.03. The van der Waals surface area contributed by atoms with Crippen LogP contribution < -0.4 is 0 Å². The summed E-state index contributed by atoms with van der Waals surface area (Å²) in [4.78, 5) is 0. The van der Waals surface area contributed by atoms with Crippen LogP contribution in [0, 0.1) is 35.0 Å². The molecule has 5 unspecified atom stereocenters. The first kappa shape index (κ1) is 17.0. The number of rotatable bonds is 7. The van der Waals surface area contributed by atoms with E-state index in [0.717, 1.165) is 29.6 Å². The van der Waals surface area contributed by atoms with E-state index in [4.69, 9.17) is 0 Å². The zero-order valence-corrected chi connectivity index (χ0v) is 13.8. The van der Waals surface area contributed by atoms with E-state index in [-0.39, 0.29) is 0 Å². The standard InChI is InChI=1S/C17H36/c1-10-12(3)14(5)16(7)17(8,9)15(6)13(4)11-2/h12-16H,10-11H2,1-9H3. The topological polar surface area (TPSA) is 0 Å². The minimum Gasteiger partial charge on any atom is -0.0651 e. The molecular weight excluding hydrogens is 204 g/mol. The van der Waals surface area contributed by atoms with Gasteiger partial charge in [0.2, 0.25) is 0 Å². The van der Waals surface area contributed by atoms with Crippen LogP contribution in [0.15, 0.2) is 0 Å². The van der Waals surface area contributed by atoms with Crippen molar-refractivity contribution in [1.29, 1.82) is 0 Å². The average molecular weight is 240 g/mol. The first-order valence-electron chi connectivity index (χ1n) is 7.69. The molecule has 0 aliphatic carbocycles. The van der Waals surface area contributed by atoms with E-state index < -0.39 is 0 Å². The van der Waals surface area contributed by atoms with Gasteiger partial charge in [-0.15, -0.1) is 0 Å². The molecule has 0 heterocycles. The fourth-order valence-electron chi connectivity index (χ4n) is 3.04. The summed E-state index contributed by atoms with van der Waals surface area (Å²) in [6.45, 7) is 21.8. The van der Waals surface area contributed by atoms with E-state index in [1.165, 1.54) is 12.8 Å². The largest absolute Gasteiger partial charge is 0.0651 e. The van der Waals surface area contributed by atoms with Crippen LogP contribution in [0.5, 0.6) is 0 Å². The highest BCUT2D eigenvalue weighted by Crippen LogP contribution is 2.45. The summed E-state index contributed by atoms with van der Waals surface area (Å²) in [5.74, 6) is 4.09. The molecular formula is C17H36. The molecule has 17 heavy (non-hydrogen) atoms. The summed E-state index contributed by atoms with van der Waals surface area (Å²) in [6, 6.07) is 0. The maximum Gasteiger partial charge on any atom is -0.0298 e. The second-order valence-electron chi connectivity index (χ2n) is 7.03. The average Bonchev–Trinajstić information content (AvgIpc) is 2.33. The molecule has 0 N–H and O–H groups in total. The minimum absolute atomic E-state index is 0.443. The lowest BCUT2D eigenvalue weighted by Crippen LogP contribution is -2.37. The Labute approximate surface area is 111 Å². The van der Waals surface area contributed by atoms with Gasteiger partial charge in [-0.3, -0.25) is 0 Å². The number of hydrogen-bond donors (Lipinski definition) is 0. The molecule has 0 saturated heterocycles. The third-order valence-electron chi connectivity index (χ3n) is 6.17. The van der Waals surface area contributed by atoms with Crippen molar-refractivity contribution in [2.45, 2.75) is 75.2 Å². The van der Waals surface area contributed by atoms with Gasteiger partial charge in [-0.1, -0.05) is 75.2 Å². The SMILES string of the molecule is CCC(C)C(C)C(C)C(C)(C)C(C)C(C)CC. The van der Waals surface area contributed by atoms with Crippen LogP contribution in [-0.2, 0) is 0 Å². The van der Waals surface area contributed by atoms with Gasteiger partial charge in [0.05, 0.1) is 0 Å². The molecule has 0 nitrogen and oxygen atoms in total. The lowest BCUT2D eigenvalue weighted by Gasteiger charge is -2.44. The second kappa shape index (κ2) is 6.81. The maximum atomic E-state index is 2.48. The van der Waals surface area contributed by atoms with Crippen LogP contribution in [0.2, 0.25) is 0 Å². The van der Waals surface area contributed by atoms with Gasteiger partial charge in [0.25, 0.3) is 0 Å². The first-order valence-corrected chi connectivity index (χ1v) is 7.69. The molecule has 0 bridgehead atoms. The molecule has 5 atom stereocenters. The zero-order valence-electron chi connectivity index (χ0n) is 13.8. The predicted molar refractivity (Wildman–Crippen MR) is 80.2 cm³/mol. The quantitative estimate of drug-likeness (QED) is 0.511. The lowest BCUT2D eigenvalue weighted by atomic mass is 9.61. The molecule has 0 saturated carbocycles. The van der Waals surface area contributed by atoms with E-state index in [1.807, 2.05) is 0 Å². The molecule has 0 rings (SSSR count). The first-order chi connectivity index (χ1) is 7.69. The zero-order chi connectivity index (χ0) is 13.8. The van der Waals surface area contributed by atoms with E-state index in [1.54, 1.807) is 0 Å². The summed E-state index contributed by atoms with van der Waals surface area (Å²) in [5, 5.41) is 0. The van der Waals surface area contributed by atoms with Crippen molar-refractivity contribution >= 4 is 0 Å². The molecule has 104 valence electrons. The van der Waals surface area contributed by atoms with Gasteiger partial charge in [0, 0.05) is 0 Å². The monoisotopic (exact) mass is 240 g/mol. The van der Waals surface area contributed by atoms with Crippen molar-refractivity contribution in [1.82, 2.24) is 0 Å². The van der Waals surface area contributed by atoms with Gasteiger partial charge >= 0.3 is 0 Å². The van der Waals surface area contributed by atoms with Gasteiger partial charge in [0.1, 0.15) is 0 Å². The summed E-state index contributed by atoms with van der Waals surface area (Å²) in [7, 11) is 0. The van der Waals surface area contributed by atoms with Crippen molar-refractivity contribution < 1.29 is 0 Å². The third kappa shape index (κ3) is 4.00. The van der Waals surface area contributed by atoms with E-state index in [0.29, 0.717) is 5.41 Å². The molecule has 0 amide bonds. The van der Waals surface area contributed by atoms with Crippen LogP contribution in [0.25, 0.3) is 0 Å². The van der Waals surface area contributed by atoms with Gasteiger partial charge in [0.15, 0.2) is 0 Å². The van der Waals surface area contributed by atoms with Crippen molar-refractivity contribution in [3.8, 4) is 0 Å². The molecule has 0 radical (unpaired) electrons. The van der Waals surface area contributed by atoms with Crippen molar-refractivity contribution in [3.63, 3.8) is 0 Å². The highest BCUT2D eigenvalue weighted by molar-refractivity contribution is 4.86. The van der Waals surface area contributed by atoms with Crippen LogP contribution >= 0.6 is 0 Å². The fourth-order valence-corrected chi connectivity index (χ4v) is 3.04.